The predicted octanol–water partition coefficient (Wildman–Crippen LogP) is 3.61. The normalized spacial score (nSPS) is 15.4. The zero-order valence-electron chi connectivity index (χ0n) is 15.5. The van der Waals surface area contributed by atoms with Crippen LogP contribution < -0.4 is 10.0 Å². The van der Waals surface area contributed by atoms with Crippen LogP contribution in [-0.4, -0.2) is 38.8 Å². The van der Waals surface area contributed by atoms with Gasteiger partial charge in [0, 0.05) is 25.3 Å². The Morgan fingerprint density at radius 1 is 1.07 bits per heavy atom. The molecule has 2 aromatic carbocycles. The molecule has 3 rings (SSSR count). The number of rotatable bonds is 6. The minimum atomic E-state index is -3.58. The van der Waals surface area contributed by atoms with Gasteiger partial charge in [0.2, 0.25) is 0 Å². The third-order valence-corrected chi connectivity index (χ3v) is 6.25. The van der Waals surface area contributed by atoms with Crippen LogP contribution in [0.4, 0.5) is 11.4 Å². The molecule has 2 aromatic rings. The molecule has 1 saturated heterocycles. The number of benzene rings is 2. The lowest BCUT2D eigenvalue weighted by Gasteiger charge is -2.32. The standard InChI is InChI=1S/C20H26N4O2S/c1-16(21)24-12-10-17(11-13-24)15-22-18-6-5-7-19(14-18)23-27(25,26)20-8-3-2-4-9-20/h2-9,14,17,21-23H,10-13,15H2,1H3. The van der Waals surface area contributed by atoms with Crippen molar-refractivity contribution in [2.75, 3.05) is 29.7 Å². The molecule has 1 heterocycles. The molecular weight excluding hydrogens is 360 g/mol. The summed E-state index contributed by atoms with van der Waals surface area (Å²) in [5, 5.41) is 11.1. The molecule has 1 fully saturated rings. The van der Waals surface area contributed by atoms with E-state index in [1.165, 1.54) is 0 Å². The molecular formula is C20H26N4O2S. The molecule has 3 N–H and O–H groups in total. The van der Waals surface area contributed by atoms with E-state index in [1.54, 1.807) is 36.4 Å². The van der Waals surface area contributed by atoms with Gasteiger partial charge >= 0.3 is 0 Å². The topological polar surface area (TPSA) is 85.3 Å². The van der Waals surface area contributed by atoms with E-state index in [4.69, 9.17) is 5.41 Å². The van der Waals surface area contributed by atoms with E-state index < -0.39 is 10.0 Å². The molecule has 0 spiro atoms. The van der Waals surface area contributed by atoms with Crippen molar-refractivity contribution in [3.8, 4) is 0 Å². The van der Waals surface area contributed by atoms with Crippen LogP contribution in [0.2, 0.25) is 0 Å². The number of sulfonamides is 1. The maximum atomic E-state index is 12.5. The molecule has 0 bridgehead atoms. The lowest BCUT2D eigenvalue weighted by molar-refractivity contribution is 0.272. The van der Waals surface area contributed by atoms with E-state index in [2.05, 4.69) is 14.9 Å². The first-order chi connectivity index (χ1) is 12.9. The molecule has 0 aliphatic carbocycles. The molecule has 7 heteroatoms. The number of nitrogens with zero attached hydrogens (tertiary/aromatic N) is 1. The van der Waals surface area contributed by atoms with Crippen LogP contribution in [0.3, 0.4) is 0 Å². The largest absolute Gasteiger partial charge is 0.385 e. The van der Waals surface area contributed by atoms with E-state index in [0.717, 1.165) is 38.2 Å². The van der Waals surface area contributed by atoms with Gasteiger partial charge in [-0.05, 0) is 56.0 Å². The highest BCUT2D eigenvalue weighted by Crippen LogP contribution is 2.22. The average Bonchev–Trinajstić information content (AvgIpc) is 2.67. The summed E-state index contributed by atoms with van der Waals surface area (Å²) in [6.07, 6.45) is 2.12. The van der Waals surface area contributed by atoms with Crippen LogP contribution in [-0.2, 0) is 10.0 Å². The Morgan fingerprint density at radius 3 is 2.41 bits per heavy atom. The van der Waals surface area contributed by atoms with Gasteiger partial charge in [0.15, 0.2) is 0 Å². The van der Waals surface area contributed by atoms with Crippen molar-refractivity contribution in [2.45, 2.75) is 24.7 Å². The van der Waals surface area contributed by atoms with Crippen LogP contribution in [0, 0.1) is 11.3 Å². The molecule has 0 amide bonds. The summed E-state index contributed by atoms with van der Waals surface area (Å²) in [6, 6.07) is 15.7. The fourth-order valence-corrected chi connectivity index (χ4v) is 4.31. The monoisotopic (exact) mass is 386 g/mol. The van der Waals surface area contributed by atoms with Gasteiger partial charge in [-0.1, -0.05) is 24.3 Å². The second kappa shape index (κ2) is 8.43. The van der Waals surface area contributed by atoms with Gasteiger partial charge in [0.25, 0.3) is 10.0 Å². The molecule has 27 heavy (non-hydrogen) atoms. The van der Waals surface area contributed by atoms with Crippen LogP contribution in [0.15, 0.2) is 59.5 Å². The Bertz CT molecular complexity index is 876. The number of likely N-dealkylation sites (tertiary alicyclic amines) is 1. The van der Waals surface area contributed by atoms with E-state index in [1.807, 2.05) is 25.1 Å². The van der Waals surface area contributed by atoms with Gasteiger partial charge < -0.3 is 10.2 Å². The van der Waals surface area contributed by atoms with Crippen molar-refractivity contribution >= 4 is 27.2 Å². The second-order valence-electron chi connectivity index (χ2n) is 6.90. The highest BCUT2D eigenvalue weighted by atomic mass is 32.2. The van der Waals surface area contributed by atoms with Gasteiger partial charge in [0.05, 0.1) is 16.4 Å². The Labute approximate surface area is 161 Å². The summed E-state index contributed by atoms with van der Waals surface area (Å²) in [7, 11) is -3.58. The summed E-state index contributed by atoms with van der Waals surface area (Å²) >= 11 is 0. The first-order valence-electron chi connectivity index (χ1n) is 9.16. The quantitative estimate of drug-likeness (QED) is 0.523. The first kappa shape index (κ1) is 19.2. The molecule has 0 unspecified atom stereocenters. The maximum Gasteiger partial charge on any atom is 0.261 e. The van der Waals surface area contributed by atoms with E-state index in [0.29, 0.717) is 17.4 Å². The minimum Gasteiger partial charge on any atom is -0.385 e. The zero-order valence-corrected chi connectivity index (χ0v) is 16.3. The summed E-state index contributed by atoms with van der Waals surface area (Å²) in [6.45, 7) is 4.54. The van der Waals surface area contributed by atoms with Crippen molar-refractivity contribution < 1.29 is 8.42 Å². The Kier molecular flexibility index (Phi) is 6.01. The highest BCUT2D eigenvalue weighted by molar-refractivity contribution is 7.92. The van der Waals surface area contributed by atoms with E-state index in [-0.39, 0.29) is 4.90 Å². The lowest BCUT2D eigenvalue weighted by atomic mass is 9.96. The first-order valence-corrected chi connectivity index (χ1v) is 10.6. The van der Waals surface area contributed by atoms with Crippen molar-refractivity contribution in [3.63, 3.8) is 0 Å². The summed E-state index contributed by atoms with van der Waals surface area (Å²) in [5.74, 6) is 1.20. The van der Waals surface area contributed by atoms with E-state index >= 15 is 0 Å². The summed E-state index contributed by atoms with van der Waals surface area (Å²) in [5.41, 5.74) is 1.44. The smallest absolute Gasteiger partial charge is 0.261 e. The van der Waals surface area contributed by atoms with Crippen LogP contribution in [0.5, 0.6) is 0 Å². The third-order valence-electron chi connectivity index (χ3n) is 4.85. The van der Waals surface area contributed by atoms with Gasteiger partial charge in [0.1, 0.15) is 0 Å². The Morgan fingerprint density at radius 2 is 1.74 bits per heavy atom. The van der Waals surface area contributed by atoms with Crippen LogP contribution in [0.1, 0.15) is 19.8 Å². The molecule has 0 atom stereocenters. The Hall–Kier alpha value is -2.54. The van der Waals surface area contributed by atoms with Crippen molar-refractivity contribution in [2.24, 2.45) is 5.92 Å². The number of amidine groups is 1. The average molecular weight is 387 g/mol. The highest BCUT2D eigenvalue weighted by Gasteiger charge is 2.19. The third kappa shape index (κ3) is 5.23. The molecule has 144 valence electrons. The van der Waals surface area contributed by atoms with Crippen molar-refractivity contribution in [3.05, 3.63) is 54.6 Å². The van der Waals surface area contributed by atoms with Gasteiger partial charge in [-0.3, -0.25) is 10.1 Å². The summed E-state index contributed by atoms with van der Waals surface area (Å²) in [4.78, 5) is 2.35. The minimum absolute atomic E-state index is 0.247. The SMILES string of the molecule is CC(=N)N1CCC(CNc2cccc(NS(=O)(=O)c3ccccc3)c2)CC1. The van der Waals surface area contributed by atoms with Crippen molar-refractivity contribution in [1.29, 1.82) is 5.41 Å². The van der Waals surface area contributed by atoms with Crippen LogP contribution >= 0.6 is 0 Å². The molecule has 1 aliphatic rings. The number of anilines is 2. The molecule has 0 aromatic heterocycles. The lowest BCUT2D eigenvalue weighted by Crippen LogP contribution is -2.38. The zero-order chi connectivity index (χ0) is 19.3. The maximum absolute atomic E-state index is 12.5. The van der Waals surface area contributed by atoms with Gasteiger partial charge in [-0.2, -0.15) is 0 Å². The molecule has 1 aliphatic heterocycles. The summed E-state index contributed by atoms with van der Waals surface area (Å²) < 4.78 is 27.5. The molecule has 0 saturated carbocycles. The van der Waals surface area contributed by atoms with Crippen molar-refractivity contribution in [1.82, 2.24) is 4.90 Å². The fourth-order valence-electron chi connectivity index (χ4n) is 3.24. The fraction of sp³-hybridized carbons (Fsp3) is 0.350. The molecule has 0 radical (unpaired) electrons. The van der Waals surface area contributed by atoms with Crippen LogP contribution in [0.25, 0.3) is 0 Å². The number of hydrogen-bond acceptors (Lipinski definition) is 4. The van der Waals surface area contributed by atoms with E-state index in [9.17, 15) is 8.42 Å². The van der Waals surface area contributed by atoms with Gasteiger partial charge in [-0.15, -0.1) is 0 Å². The predicted molar refractivity (Wildman–Crippen MR) is 110 cm³/mol. The van der Waals surface area contributed by atoms with Gasteiger partial charge in [-0.25, -0.2) is 8.42 Å². The Balaban J connectivity index is 1.57. The molecule has 6 nitrogen and oxygen atoms in total. The number of hydrogen-bond donors (Lipinski definition) is 3. The second-order valence-corrected chi connectivity index (χ2v) is 8.58. The number of piperidine rings is 1. The number of nitrogens with one attached hydrogen (secondary N) is 3.